The lowest BCUT2D eigenvalue weighted by atomic mass is 11.2. The van der Waals surface area contributed by atoms with E-state index in [2.05, 4.69) is 17.3 Å². The van der Waals surface area contributed by atoms with Crippen LogP contribution in [0.1, 0.15) is 0 Å². The van der Waals surface area contributed by atoms with E-state index in [0.29, 0.717) is 0 Å². The molecule has 1 rings (SSSR count). The second-order valence-corrected chi connectivity index (χ2v) is 3.96. The molecule has 0 radical (unpaired) electrons. The quantitative estimate of drug-likeness (QED) is 0.482. The summed E-state index contributed by atoms with van der Waals surface area (Å²) in [7, 11) is -9.49. The van der Waals surface area contributed by atoms with Crippen LogP contribution in [0.3, 0.4) is 0 Å². The molecule has 9 nitrogen and oxygen atoms in total. The number of amidine groups is 1. The molecule has 1 aliphatic heterocycles. The minimum absolute atomic E-state index is 0.990. The average molecular weight is 218 g/mol. The molecule has 70 valence electrons. The van der Waals surface area contributed by atoms with Gasteiger partial charge in [0.05, 0.1) is 0 Å². The first-order valence-electron chi connectivity index (χ1n) is 2.23. The molecule has 1 aliphatic rings. The number of hydrogen-bond acceptors (Lipinski definition) is 9. The topological polar surface area (TPSA) is 134 Å². The van der Waals surface area contributed by atoms with E-state index in [-0.39, 0.29) is 0 Å². The number of nitrogens with two attached hydrogens (primary N) is 1. The fourth-order valence-electron chi connectivity index (χ4n) is 0.331. The van der Waals surface area contributed by atoms with Crippen molar-refractivity contribution in [3.05, 3.63) is 0 Å². The smallest absolute Gasteiger partial charge is 0.350 e. The van der Waals surface area contributed by atoms with Gasteiger partial charge in [-0.1, -0.05) is 3.63 Å². The summed E-state index contributed by atoms with van der Waals surface area (Å²) in [6, 6.07) is -0.990. The predicted octanol–water partition coefficient (Wildman–Crippen LogP) is -2.23. The Bertz CT molecular complexity index is 401. The Morgan fingerprint density at radius 1 is 1.17 bits per heavy atom. The molecule has 0 unspecified atom stereocenters. The number of oxime groups is 1. The Balaban J connectivity index is 3.15. The van der Waals surface area contributed by atoms with E-state index in [9.17, 15) is 16.8 Å². The zero-order chi connectivity index (χ0) is 9.41. The molecule has 0 saturated carbocycles. The van der Waals surface area contributed by atoms with Gasteiger partial charge in [0.2, 0.25) is 0 Å². The van der Waals surface area contributed by atoms with Gasteiger partial charge in [0.25, 0.3) is 0 Å². The first-order chi connectivity index (χ1) is 5.31. The Morgan fingerprint density at radius 3 is 2.33 bits per heavy atom. The number of rotatable bonds is 0. The maximum absolute atomic E-state index is 10.4. The standard InChI is InChI=1S/CH2N2O7S2/c2-1-3-9-12(6,7)10-11(4,5)8-1/h(H2,2,3). The molecular weight excluding hydrogens is 216 g/mol. The third kappa shape index (κ3) is 2.21. The van der Waals surface area contributed by atoms with E-state index in [4.69, 9.17) is 5.73 Å². The molecule has 12 heavy (non-hydrogen) atoms. The number of nitrogens with zero attached hydrogens (tertiary/aromatic N) is 1. The summed E-state index contributed by atoms with van der Waals surface area (Å²) in [5.41, 5.74) is 4.71. The van der Waals surface area contributed by atoms with Gasteiger partial charge in [-0.2, -0.15) is 16.8 Å². The Labute approximate surface area is 67.4 Å². The summed E-state index contributed by atoms with van der Waals surface area (Å²) < 4.78 is 52.2. The predicted molar refractivity (Wildman–Crippen MR) is 32.7 cm³/mol. The van der Waals surface area contributed by atoms with Gasteiger partial charge in [0.1, 0.15) is 0 Å². The molecular formula is CH2N2O7S2. The van der Waals surface area contributed by atoms with E-state index in [1.807, 2.05) is 0 Å². The summed E-state index contributed by atoms with van der Waals surface area (Å²) in [6.07, 6.45) is 0. The summed E-state index contributed by atoms with van der Waals surface area (Å²) in [5.74, 6) is 0. The lowest BCUT2D eigenvalue weighted by Crippen LogP contribution is -2.20. The van der Waals surface area contributed by atoms with Crippen LogP contribution < -0.4 is 5.73 Å². The van der Waals surface area contributed by atoms with Gasteiger partial charge in [0, 0.05) is 0 Å². The first-order valence-corrected chi connectivity index (χ1v) is 4.90. The van der Waals surface area contributed by atoms with Gasteiger partial charge in [-0.3, -0.25) is 0 Å². The molecule has 0 aliphatic carbocycles. The van der Waals surface area contributed by atoms with E-state index in [0.717, 1.165) is 0 Å². The largest absolute Gasteiger partial charge is 0.486 e. The van der Waals surface area contributed by atoms with E-state index >= 15 is 0 Å². The van der Waals surface area contributed by atoms with E-state index < -0.39 is 26.8 Å². The van der Waals surface area contributed by atoms with Crippen LogP contribution in [0.25, 0.3) is 0 Å². The lowest BCUT2D eigenvalue weighted by Gasteiger charge is -1.95. The highest BCUT2D eigenvalue weighted by Gasteiger charge is 2.31. The fourth-order valence-corrected chi connectivity index (χ4v) is 1.76. The van der Waals surface area contributed by atoms with Crippen LogP contribution in [-0.4, -0.2) is 22.9 Å². The van der Waals surface area contributed by atoms with Crippen molar-refractivity contribution in [1.29, 1.82) is 0 Å². The first kappa shape index (κ1) is 9.02. The van der Waals surface area contributed by atoms with Gasteiger partial charge in [-0.25, -0.2) is 4.28 Å². The van der Waals surface area contributed by atoms with Crippen molar-refractivity contribution in [3.63, 3.8) is 0 Å². The van der Waals surface area contributed by atoms with Crippen LogP contribution >= 0.6 is 0 Å². The highest BCUT2D eigenvalue weighted by molar-refractivity contribution is 7.95. The van der Waals surface area contributed by atoms with Crippen LogP contribution in [0.15, 0.2) is 5.16 Å². The molecule has 0 spiro atoms. The summed E-state index contributed by atoms with van der Waals surface area (Å²) in [6.45, 7) is 0. The van der Waals surface area contributed by atoms with Gasteiger partial charge < -0.3 is 9.92 Å². The molecule has 0 aromatic rings. The third-order valence-electron chi connectivity index (χ3n) is 0.573. The van der Waals surface area contributed by atoms with Crippen LogP contribution in [-0.2, 0) is 32.9 Å². The van der Waals surface area contributed by atoms with E-state index in [1.54, 1.807) is 0 Å². The van der Waals surface area contributed by atoms with Crippen LogP contribution in [0.2, 0.25) is 0 Å². The monoisotopic (exact) mass is 218 g/mol. The summed E-state index contributed by atoms with van der Waals surface area (Å²) >= 11 is 0. The van der Waals surface area contributed by atoms with Crippen LogP contribution in [0.4, 0.5) is 0 Å². The Morgan fingerprint density at radius 2 is 1.75 bits per heavy atom. The molecule has 0 saturated heterocycles. The zero-order valence-electron chi connectivity index (χ0n) is 5.20. The highest BCUT2D eigenvalue weighted by Crippen LogP contribution is 2.09. The van der Waals surface area contributed by atoms with Crippen molar-refractivity contribution in [2.24, 2.45) is 10.9 Å². The maximum Gasteiger partial charge on any atom is 0.486 e. The molecule has 0 amide bonds. The van der Waals surface area contributed by atoms with Gasteiger partial charge in [-0.05, 0) is 5.16 Å². The van der Waals surface area contributed by atoms with Crippen molar-refractivity contribution in [2.75, 3.05) is 0 Å². The Hall–Kier alpha value is -1.07. The van der Waals surface area contributed by atoms with Crippen molar-refractivity contribution < 1.29 is 28.9 Å². The molecule has 11 heteroatoms. The SMILES string of the molecule is NC1=NOS(=O)(=O)OS(=O)(=O)O1. The Kier molecular flexibility index (Phi) is 1.85. The molecule has 0 fully saturated rings. The molecule has 0 bridgehead atoms. The van der Waals surface area contributed by atoms with Crippen LogP contribution in [0, 0.1) is 0 Å². The second kappa shape index (κ2) is 2.46. The average Bonchev–Trinajstić information content (AvgIpc) is 1.86. The highest BCUT2D eigenvalue weighted by atomic mass is 32.3. The van der Waals surface area contributed by atoms with Crippen molar-refractivity contribution in [2.45, 2.75) is 0 Å². The third-order valence-corrected chi connectivity index (χ3v) is 2.54. The number of hydrogen-bond donors (Lipinski definition) is 1. The van der Waals surface area contributed by atoms with Gasteiger partial charge in [-0.15, -0.1) is 0 Å². The summed E-state index contributed by atoms with van der Waals surface area (Å²) in [4.78, 5) is 0. The zero-order valence-corrected chi connectivity index (χ0v) is 6.83. The van der Waals surface area contributed by atoms with Gasteiger partial charge in [0.15, 0.2) is 0 Å². The minimum atomic E-state index is -4.74. The van der Waals surface area contributed by atoms with E-state index in [1.165, 1.54) is 0 Å². The van der Waals surface area contributed by atoms with Crippen molar-refractivity contribution >= 4 is 26.8 Å². The maximum atomic E-state index is 10.4. The lowest BCUT2D eigenvalue weighted by molar-refractivity contribution is 0.292. The normalized spacial score (nSPS) is 25.8. The van der Waals surface area contributed by atoms with Crippen molar-refractivity contribution in [1.82, 2.24) is 0 Å². The molecule has 0 aromatic carbocycles. The molecule has 0 aromatic heterocycles. The van der Waals surface area contributed by atoms with Crippen molar-refractivity contribution in [3.8, 4) is 0 Å². The molecule has 1 heterocycles. The summed E-state index contributed by atoms with van der Waals surface area (Å²) in [5, 5.41) is 2.55. The second-order valence-electron chi connectivity index (χ2n) is 1.47. The van der Waals surface area contributed by atoms with Gasteiger partial charge >= 0.3 is 26.8 Å². The molecule has 2 N–H and O–H groups in total. The fraction of sp³-hybridized carbons (Fsp3) is 0. The molecule has 0 atom stereocenters. The minimum Gasteiger partial charge on any atom is -0.350 e. The van der Waals surface area contributed by atoms with Crippen LogP contribution in [0.5, 0.6) is 0 Å².